The highest BCUT2D eigenvalue weighted by molar-refractivity contribution is 7.83. The van der Waals surface area contributed by atoms with Crippen LogP contribution in [-0.4, -0.2) is 27.4 Å². The van der Waals surface area contributed by atoms with Crippen LogP contribution in [0.4, 0.5) is 0 Å². The van der Waals surface area contributed by atoms with Crippen molar-refractivity contribution < 1.29 is 18.8 Å². The summed E-state index contributed by atoms with van der Waals surface area (Å²) in [5, 5.41) is 9.31. The van der Waals surface area contributed by atoms with Crippen LogP contribution in [0, 0.1) is 0 Å². The van der Waals surface area contributed by atoms with Gasteiger partial charge in [-0.3, -0.25) is 4.79 Å². The number of carbonyl (C=O) groups is 1. The number of nitrogens with one attached hydrogen (secondary N) is 1. The Kier molecular flexibility index (Phi) is 5.75. The van der Waals surface area contributed by atoms with Gasteiger partial charge in [0, 0.05) is 0 Å². The number of phenolic OH excluding ortho intramolecular Hbond substituents is 1. The molecule has 0 aliphatic heterocycles. The summed E-state index contributed by atoms with van der Waals surface area (Å²) in [7, 11) is -1.49. The Bertz CT molecular complexity index is 718. The van der Waals surface area contributed by atoms with Gasteiger partial charge in [-0.15, -0.1) is 0 Å². The third-order valence-electron chi connectivity index (χ3n) is 3.04. The highest BCUT2D eigenvalue weighted by Gasteiger charge is 2.16. The van der Waals surface area contributed by atoms with E-state index in [1.54, 1.807) is 45.0 Å². The molecule has 0 radical (unpaired) electrons. The van der Waals surface area contributed by atoms with Gasteiger partial charge in [-0.05, 0) is 56.2 Å². The van der Waals surface area contributed by atoms with Gasteiger partial charge in [0.2, 0.25) is 0 Å². The lowest BCUT2D eigenvalue weighted by atomic mass is 10.1. The summed E-state index contributed by atoms with van der Waals surface area (Å²) >= 11 is 0. The summed E-state index contributed by atoms with van der Waals surface area (Å²) < 4.78 is 20.0. The number of ether oxygens (including phenoxy) is 1. The first-order valence-corrected chi connectivity index (χ1v) is 8.66. The summed E-state index contributed by atoms with van der Waals surface area (Å²) in [4.78, 5) is 12.2. The number of hydrogen-bond acceptors (Lipinski definition) is 4. The third-order valence-corrected chi connectivity index (χ3v) is 4.14. The zero-order valence-electron chi connectivity index (χ0n) is 13.9. The van der Waals surface area contributed by atoms with E-state index >= 15 is 0 Å². The highest BCUT2D eigenvalue weighted by Crippen LogP contribution is 2.22. The molecule has 2 aromatic carbocycles. The van der Waals surface area contributed by atoms with Gasteiger partial charge in [-0.25, -0.2) is 8.93 Å². The van der Waals surface area contributed by atoms with Crippen LogP contribution >= 0.6 is 0 Å². The zero-order valence-corrected chi connectivity index (χ0v) is 14.7. The second-order valence-electron chi connectivity index (χ2n) is 6.25. The van der Waals surface area contributed by atoms with Gasteiger partial charge >= 0.3 is 5.97 Å². The van der Waals surface area contributed by atoms with Gasteiger partial charge in [0.15, 0.2) is 0 Å². The van der Waals surface area contributed by atoms with Crippen LogP contribution in [0.5, 0.6) is 5.75 Å². The number of benzene rings is 2. The second kappa shape index (κ2) is 7.59. The maximum absolute atomic E-state index is 12.2. The van der Waals surface area contributed by atoms with Crippen molar-refractivity contribution in [3.63, 3.8) is 0 Å². The fourth-order valence-electron chi connectivity index (χ4n) is 2.01. The average Bonchev–Trinajstić information content (AvgIpc) is 2.52. The van der Waals surface area contributed by atoms with E-state index < -0.39 is 22.6 Å². The van der Waals surface area contributed by atoms with Crippen molar-refractivity contribution >= 4 is 17.0 Å². The molecular formula is C18H21NO4S. The zero-order chi connectivity index (χ0) is 17.7. The largest absolute Gasteiger partial charge is 0.508 e. The van der Waals surface area contributed by atoms with Crippen molar-refractivity contribution in [1.29, 1.82) is 0 Å². The van der Waals surface area contributed by atoms with Crippen molar-refractivity contribution in [1.82, 2.24) is 4.72 Å². The molecule has 128 valence electrons. The summed E-state index contributed by atoms with van der Waals surface area (Å²) in [6, 6.07) is 14.0. The Morgan fingerprint density at radius 2 is 1.54 bits per heavy atom. The number of aromatic hydroxyl groups is 1. The minimum atomic E-state index is -1.49. The van der Waals surface area contributed by atoms with Crippen molar-refractivity contribution in [3.05, 3.63) is 48.5 Å². The van der Waals surface area contributed by atoms with Gasteiger partial charge in [0.05, 0.1) is 4.90 Å². The predicted octanol–water partition coefficient (Wildman–Crippen LogP) is 3.01. The minimum absolute atomic E-state index is 0.121. The molecule has 2 rings (SSSR count). The van der Waals surface area contributed by atoms with Crippen LogP contribution in [0.25, 0.3) is 11.1 Å². The summed E-state index contributed by atoms with van der Waals surface area (Å²) in [5.41, 5.74) is 1.33. The van der Waals surface area contributed by atoms with E-state index in [1.807, 2.05) is 24.3 Å². The lowest BCUT2D eigenvalue weighted by Crippen LogP contribution is -2.32. The quantitative estimate of drug-likeness (QED) is 0.815. The lowest BCUT2D eigenvalue weighted by Gasteiger charge is -2.19. The number of phenols is 1. The van der Waals surface area contributed by atoms with Gasteiger partial charge in [-0.2, -0.15) is 0 Å². The maximum atomic E-state index is 12.2. The molecule has 1 atom stereocenters. The van der Waals surface area contributed by atoms with Crippen LogP contribution in [0.1, 0.15) is 20.8 Å². The van der Waals surface area contributed by atoms with Crippen molar-refractivity contribution in [2.24, 2.45) is 0 Å². The molecule has 0 fully saturated rings. The Morgan fingerprint density at radius 3 is 2.04 bits per heavy atom. The van der Waals surface area contributed by atoms with E-state index in [9.17, 15) is 14.1 Å². The van der Waals surface area contributed by atoms with Gasteiger partial charge in [0.25, 0.3) is 0 Å². The fourth-order valence-corrected chi connectivity index (χ4v) is 2.81. The molecule has 2 N–H and O–H groups in total. The molecule has 24 heavy (non-hydrogen) atoms. The SMILES string of the molecule is CC(C)(C)OC(=O)CNS(=O)c1ccc(-c2ccc(O)cc2)cc1. The molecule has 0 saturated carbocycles. The molecule has 0 aromatic heterocycles. The van der Waals surface area contributed by atoms with Gasteiger partial charge in [0.1, 0.15) is 28.9 Å². The van der Waals surface area contributed by atoms with E-state index in [2.05, 4.69) is 4.72 Å². The van der Waals surface area contributed by atoms with Crippen LogP contribution in [0.2, 0.25) is 0 Å². The van der Waals surface area contributed by atoms with E-state index in [0.29, 0.717) is 4.90 Å². The van der Waals surface area contributed by atoms with Crippen molar-refractivity contribution in [2.75, 3.05) is 6.54 Å². The van der Waals surface area contributed by atoms with E-state index in [0.717, 1.165) is 11.1 Å². The smallest absolute Gasteiger partial charge is 0.321 e. The fraction of sp³-hybridized carbons (Fsp3) is 0.278. The molecule has 0 aliphatic carbocycles. The Hall–Kier alpha value is -2.18. The van der Waals surface area contributed by atoms with E-state index in [4.69, 9.17) is 4.74 Å². The number of carbonyl (C=O) groups excluding carboxylic acids is 1. The number of esters is 1. The van der Waals surface area contributed by atoms with Crippen LogP contribution in [0.3, 0.4) is 0 Å². The van der Waals surface area contributed by atoms with Crippen molar-refractivity contribution in [3.8, 4) is 16.9 Å². The summed E-state index contributed by atoms with van der Waals surface area (Å²) in [5.74, 6) is -0.237. The second-order valence-corrected chi connectivity index (χ2v) is 7.55. The lowest BCUT2D eigenvalue weighted by molar-refractivity contribution is -0.153. The summed E-state index contributed by atoms with van der Waals surface area (Å²) in [6.45, 7) is 5.22. The molecule has 0 bridgehead atoms. The average molecular weight is 347 g/mol. The molecule has 0 spiro atoms. The standard InChI is InChI=1S/C18H21NO4S/c1-18(2,3)23-17(21)12-19-24(22)16-10-6-14(7-11-16)13-4-8-15(20)9-5-13/h4-11,19-20H,12H2,1-3H3. The Balaban J connectivity index is 1.96. The first kappa shape index (κ1) is 18.2. The maximum Gasteiger partial charge on any atom is 0.321 e. The first-order chi connectivity index (χ1) is 11.2. The Labute approximate surface area is 144 Å². The van der Waals surface area contributed by atoms with Crippen molar-refractivity contribution in [2.45, 2.75) is 31.3 Å². The molecule has 1 unspecified atom stereocenters. The van der Waals surface area contributed by atoms with Crippen LogP contribution in [0.15, 0.2) is 53.4 Å². The highest BCUT2D eigenvalue weighted by atomic mass is 32.2. The number of hydrogen-bond donors (Lipinski definition) is 2. The van der Waals surface area contributed by atoms with Gasteiger partial charge in [-0.1, -0.05) is 24.3 Å². The van der Waals surface area contributed by atoms with Crippen LogP contribution in [-0.2, 0) is 20.5 Å². The number of rotatable bonds is 5. The Morgan fingerprint density at radius 1 is 1.04 bits per heavy atom. The molecule has 0 amide bonds. The molecule has 6 heteroatoms. The normalized spacial score (nSPS) is 12.6. The summed E-state index contributed by atoms with van der Waals surface area (Å²) in [6.07, 6.45) is 0. The third kappa shape index (κ3) is 5.47. The molecule has 0 saturated heterocycles. The molecule has 0 aliphatic rings. The predicted molar refractivity (Wildman–Crippen MR) is 93.8 cm³/mol. The van der Waals surface area contributed by atoms with Crippen LogP contribution < -0.4 is 4.72 Å². The molecule has 2 aromatic rings. The molecule has 0 heterocycles. The first-order valence-electron chi connectivity index (χ1n) is 7.51. The molecular weight excluding hydrogens is 326 g/mol. The van der Waals surface area contributed by atoms with E-state index in [1.165, 1.54) is 0 Å². The monoisotopic (exact) mass is 347 g/mol. The molecule has 5 nitrogen and oxygen atoms in total. The topological polar surface area (TPSA) is 75.6 Å². The minimum Gasteiger partial charge on any atom is -0.508 e. The van der Waals surface area contributed by atoms with E-state index in [-0.39, 0.29) is 12.3 Å². The van der Waals surface area contributed by atoms with Gasteiger partial charge < -0.3 is 9.84 Å².